The fourth-order valence-electron chi connectivity index (χ4n) is 1.53. The molecule has 0 atom stereocenters. The molecule has 0 unspecified atom stereocenters. The van der Waals surface area contributed by atoms with Gasteiger partial charge >= 0.3 is 0 Å². The van der Waals surface area contributed by atoms with Crippen molar-refractivity contribution in [1.29, 1.82) is 5.26 Å². The van der Waals surface area contributed by atoms with Crippen LogP contribution in [0.3, 0.4) is 0 Å². The number of nitriles is 1. The summed E-state index contributed by atoms with van der Waals surface area (Å²) in [6.07, 6.45) is 0. The first kappa shape index (κ1) is 11.7. The first-order valence-corrected chi connectivity index (χ1v) is 5.97. The fraction of sp³-hybridized carbons (Fsp3) is 0.154. The van der Waals surface area contributed by atoms with E-state index in [0.29, 0.717) is 12.1 Å². The normalized spacial score (nSPS) is 9.94. The largest absolute Gasteiger partial charge is 0.465 e. The van der Waals surface area contributed by atoms with E-state index in [1.54, 1.807) is 6.07 Å². The number of nitrogens with zero attached hydrogens (tertiary/aromatic N) is 1. The predicted octanol–water partition coefficient (Wildman–Crippen LogP) is 3.83. The summed E-state index contributed by atoms with van der Waals surface area (Å²) < 4.78 is 6.34. The lowest BCUT2D eigenvalue weighted by Crippen LogP contribution is -2.00. The highest BCUT2D eigenvalue weighted by atomic mass is 79.9. The smallest absolute Gasteiger partial charge is 0.123 e. The van der Waals surface area contributed by atoms with Crippen LogP contribution in [-0.4, -0.2) is 0 Å². The van der Waals surface area contributed by atoms with Gasteiger partial charge in [0.15, 0.2) is 0 Å². The SMILES string of the molecule is Cc1ccc(CNc2ccc(Br)cc2C#N)o1. The Balaban J connectivity index is 2.12. The summed E-state index contributed by atoms with van der Waals surface area (Å²) in [6, 6.07) is 11.6. The highest BCUT2D eigenvalue weighted by molar-refractivity contribution is 9.10. The number of rotatable bonds is 3. The lowest BCUT2D eigenvalue weighted by Gasteiger charge is -2.06. The van der Waals surface area contributed by atoms with E-state index in [1.807, 2.05) is 31.2 Å². The monoisotopic (exact) mass is 290 g/mol. The molecular formula is C13H11BrN2O. The second kappa shape index (κ2) is 5.07. The predicted molar refractivity (Wildman–Crippen MR) is 69.6 cm³/mol. The Morgan fingerprint density at radius 2 is 2.18 bits per heavy atom. The molecule has 1 aromatic carbocycles. The maximum atomic E-state index is 9.01. The third-order valence-corrected chi connectivity index (χ3v) is 2.84. The van der Waals surface area contributed by atoms with Crippen LogP contribution in [0, 0.1) is 18.3 Å². The third-order valence-electron chi connectivity index (χ3n) is 2.35. The highest BCUT2D eigenvalue weighted by Crippen LogP contribution is 2.21. The summed E-state index contributed by atoms with van der Waals surface area (Å²) in [4.78, 5) is 0. The van der Waals surface area contributed by atoms with E-state index in [1.165, 1.54) is 0 Å². The van der Waals surface area contributed by atoms with Crippen LogP contribution >= 0.6 is 15.9 Å². The van der Waals surface area contributed by atoms with Crippen LogP contribution in [0.15, 0.2) is 39.2 Å². The summed E-state index contributed by atoms with van der Waals surface area (Å²) in [6.45, 7) is 2.48. The lowest BCUT2D eigenvalue weighted by atomic mass is 10.2. The van der Waals surface area contributed by atoms with Gasteiger partial charge in [-0.2, -0.15) is 5.26 Å². The van der Waals surface area contributed by atoms with Crippen LogP contribution in [0.1, 0.15) is 17.1 Å². The molecule has 4 heteroatoms. The Kier molecular flexibility index (Phi) is 3.50. The molecule has 3 nitrogen and oxygen atoms in total. The van der Waals surface area contributed by atoms with E-state index in [9.17, 15) is 0 Å². The third kappa shape index (κ3) is 2.89. The van der Waals surface area contributed by atoms with Crippen molar-refractivity contribution in [3.8, 4) is 6.07 Å². The Morgan fingerprint density at radius 3 is 2.82 bits per heavy atom. The van der Waals surface area contributed by atoms with Gasteiger partial charge in [-0.25, -0.2) is 0 Å². The molecule has 0 aliphatic heterocycles. The maximum Gasteiger partial charge on any atom is 0.123 e. The molecule has 2 rings (SSSR count). The summed E-state index contributed by atoms with van der Waals surface area (Å²) >= 11 is 3.34. The van der Waals surface area contributed by atoms with E-state index in [4.69, 9.17) is 9.68 Å². The summed E-state index contributed by atoms with van der Waals surface area (Å²) in [5.41, 5.74) is 1.42. The average Bonchev–Trinajstić information content (AvgIpc) is 2.73. The minimum atomic E-state index is 0.574. The lowest BCUT2D eigenvalue weighted by molar-refractivity contribution is 0.490. The van der Waals surface area contributed by atoms with Crippen LogP contribution in [0.4, 0.5) is 5.69 Å². The van der Waals surface area contributed by atoms with E-state index in [2.05, 4.69) is 27.3 Å². The number of benzene rings is 1. The number of nitrogens with one attached hydrogen (secondary N) is 1. The molecule has 17 heavy (non-hydrogen) atoms. The van der Waals surface area contributed by atoms with Gasteiger partial charge in [-0.1, -0.05) is 15.9 Å². The molecule has 0 saturated carbocycles. The van der Waals surface area contributed by atoms with Crippen LogP contribution in [0.2, 0.25) is 0 Å². The summed E-state index contributed by atoms with van der Waals surface area (Å²) in [5, 5.41) is 12.2. The zero-order chi connectivity index (χ0) is 12.3. The van der Waals surface area contributed by atoms with Crippen molar-refractivity contribution in [3.63, 3.8) is 0 Å². The minimum Gasteiger partial charge on any atom is -0.465 e. The Morgan fingerprint density at radius 1 is 1.35 bits per heavy atom. The number of aryl methyl sites for hydroxylation is 1. The average molecular weight is 291 g/mol. The zero-order valence-electron chi connectivity index (χ0n) is 9.33. The number of hydrogen-bond donors (Lipinski definition) is 1. The zero-order valence-corrected chi connectivity index (χ0v) is 10.9. The first-order valence-electron chi connectivity index (χ1n) is 5.18. The molecule has 1 N–H and O–H groups in total. The van der Waals surface area contributed by atoms with Crippen LogP contribution in [0.25, 0.3) is 0 Å². The fourth-order valence-corrected chi connectivity index (χ4v) is 1.89. The van der Waals surface area contributed by atoms with Gasteiger partial charge in [-0.3, -0.25) is 0 Å². The molecule has 86 valence electrons. The van der Waals surface area contributed by atoms with Crippen molar-refractivity contribution in [2.24, 2.45) is 0 Å². The Bertz CT molecular complexity index is 569. The molecule has 0 radical (unpaired) electrons. The molecule has 0 amide bonds. The first-order chi connectivity index (χ1) is 8.19. The molecule has 1 aromatic heterocycles. The molecular weight excluding hydrogens is 280 g/mol. The molecule has 0 aliphatic carbocycles. The molecule has 0 saturated heterocycles. The van der Waals surface area contributed by atoms with Crippen molar-refractivity contribution in [2.45, 2.75) is 13.5 Å². The Hall–Kier alpha value is -1.73. The number of furan rings is 1. The molecule has 0 bridgehead atoms. The standard InChI is InChI=1S/C13H11BrN2O/c1-9-2-4-12(17-9)8-16-13-5-3-11(14)6-10(13)7-15/h2-6,16H,8H2,1H3. The van der Waals surface area contributed by atoms with Crippen molar-refractivity contribution in [2.75, 3.05) is 5.32 Å². The second-order valence-corrected chi connectivity index (χ2v) is 4.58. The quantitative estimate of drug-likeness (QED) is 0.934. The highest BCUT2D eigenvalue weighted by Gasteiger charge is 2.03. The number of anilines is 1. The van der Waals surface area contributed by atoms with E-state index in [-0.39, 0.29) is 0 Å². The van der Waals surface area contributed by atoms with Gasteiger partial charge in [0.2, 0.25) is 0 Å². The van der Waals surface area contributed by atoms with Gasteiger partial charge in [-0.15, -0.1) is 0 Å². The summed E-state index contributed by atoms with van der Waals surface area (Å²) in [5.74, 6) is 1.74. The van der Waals surface area contributed by atoms with Crippen molar-refractivity contribution in [1.82, 2.24) is 0 Å². The van der Waals surface area contributed by atoms with Crippen LogP contribution < -0.4 is 5.32 Å². The molecule has 0 spiro atoms. The van der Waals surface area contributed by atoms with E-state index in [0.717, 1.165) is 21.7 Å². The van der Waals surface area contributed by atoms with Crippen molar-refractivity contribution < 1.29 is 4.42 Å². The van der Waals surface area contributed by atoms with E-state index >= 15 is 0 Å². The van der Waals surface area contributed by atoms with Gasteiger partial charge in [0, 0.05) is 4.47 Å². The van der Waals surface area contributed by atoms with E-state index < -0.39 is 0 Å². The van der Waals surface area contributed by atoms with Gasteiger partial charge < -0.3 is 9.73 Å². The van der Waals surface area contributed by atoms with Crippen molar-refractivity contribution >= 4 is 21.6 Å². The molecule has 0 aliphatic rings. The molecule has 2 aromatic rings. The molecule has 1 heterocycles. The van der Waals surface area contributed by atoms with Crippen LogP contribution in [0.5, 0.6) is 0 Å². The topological polar surface area (TPSA) is 49.0 Å². The minimum absolute atomic E-state index is 0.574. The van der Waals surface area contributed by atoms with Gasteiger partial charge in [0.05, 0.1) is 17.8 Å². The van der Waals surface area contributed by atoms with Gasteiger partial charge in [-0.05, 0) is 37.3 Å². The van der Waals surface area contributed by atoms with Crippen LogP contribution in [-0.2, 0) is 6.54 Å². The number of hydrogen-bond acceptors (Lipinski definition) is 3. The van der Waals surface area contributed by atoms with Gasteiger partial charge in [0.1, 0.15) is 17.6 Å². The Labute approximate surface area is 108 Å². The summed E-state index contributed by atoms with van der Waals surface area (Å²) in [7, 11) is 0. The van der Waals surface area contributed by atoms with Gasteiger partial charge in [0.25, 0.3) is 0 Å². The maximum absolute atomic E-state index is 9.01. The number of halogens is 1. The molecule has 0 fully saturated rings. The second-order valence-electron chi connectivity index (χ2n) is 3.67. The van der Waals surface area contributed by atoms with Crippen molar-refractivity contribution in [3.05, 3.63) is 51.9 Å².